The fourth-order valence-electron chi connectivity index (χ4n) is 2.26. The van der Waals surface area contributed by atoms with E-state index in [1.165, 1.54) is 0 Å². The van der Waals surface area contributed by atoms with Crippen LogP contribution < -0.4 is 10.0 Å². The van der Waals surface area contributed by atoms with Gasteiger partial charge in [0.05, 0.1) is 5.75 Å². The number of amides is 2. The highest BCUT2D eigenvalue weighted by molar-refractivity contribution is 7.89. The highest BCUT2D eigenvalue weighted by atomic mass is 32.2. The quantitative estimate of drug-likeness (QED) is 0.887. The van der Waals surface area contributed by atoms with Gasteiger partial charge >= 0.3 is 6.03 Å². The molecule has 0 spiro atoms. The Kier molecular flexibility index (Phi) is 5.19. The van der Waals surface area contributed by atoms with Crippen molar-refractivity contribution in [1.82, 2.24) is 9.62 Å². The van der Waals surface area contributed by atoms with E-state index >= 15 is 0 Å². The summed E-state index contributed by atoms with van der Waals surface area (Å²) in [6, 6.07) is 9.07. The first kappa shape index (κ1) is 15.8. The van der Waals surface area contributed by atoms with Gasteiger partial charge in [-0.05, 0) is 31.9 Å². The Bertz CT molecular complexity index is 566. The summed E-state index contributed by atoms with van der Waals surface area (Å²) in [5.74, 6) is 0.0850. The van der Waals surface area contributed by atoms with Crippen LogP contribution in [0.15, 0.2) is 30.3 Å². The van der Waals surface area contributed by atoms with Crippen molar-refractivity contribution in [2.45, 2.75) is 25.8 Å². The minimum Gasteiger partial charge on any atom is -0.324 e. The molecule has 2 rings (SSSR count). The number of carbonyl (C=O) groups excluding carboxylic acids is 1. The minimum atomic E-state index is -3.17. The van der Waals surface area contributed by atoms with E-state index in [-0.39, 0.29) is 17.8 Å². The van der Waals surface area contributed by atoms with Crippen molar-refractivity contribution >= 4 is 21.7 Å². The van der Waals surface area contributed by atoms with Gasteiger partial charge in [0.1, 0.15) is 0 Å². The zero-order valence-corrected chi connectivity index (χ0v) is 12.9. The van der Waals surface area contributed by atoms with E-state index < -0.39 is 10.0 Å². The van der Waals surface area contributed by atoms with Crippen molar-refractivity contribution in [1.29, 1.82) is 0 Å². The second kappa shape index (κ2) is 6.91. The number of piperidine rings is 1. The van der Waals surface area contributed by atoms with Crippen LogP contribution in [-0.4, -0.2) is 44.2 Å². The lowest BCUT2D eigenvalue weighted by atomic mass is 10.1. The average Bonchev–Trinajstić information content (AvgIpc) is 2.48. The minimum absolute atomic E-state index is 0.0734. The molecule has 0 atom stereocenters. The zero-order valence-electron chi connectivity index (χ0n) is 12.1. The Morgan fingerprint density at radius 1 is 1.24 bits per heavy atom. The summed E-state index contributed by atoms with van der Waals surface area (Å²) in [7, 11) is -3.17. The Balaban J connectivity index is 1.82. The molecular weight excluding hydrogens is 290 g/mol. The van der Waals surface area contributed by atoms with Crippen molar-refractivity contribution in [3.63, 3.8) is 0 Å². The molecule has 2 amide bonds. The molecule has 0 aromatic heterocycles. The lowest BCUT2D eigenvalue weighted by molar-refractivity contribution is 0.193. The predicted octanol–water partition coefficient (Wildman–Crippen LogP) is 1.62. The fraction of sp³-hybridized carbons (Fsp3) is 0.500. The van der Waals surface area contributed by atoms with Crippen LogP contribution in [-0.2, 0) is 10.0 Å². The van der Waals surface area contributed by atoms with Gasteiger partial charge < -0.3 is 10.2 Å². The number of hydrogen-bond donors (Lipinski definition) is 2. The van der Waals surface area contributed by atoms with Crippen LogP contribution in [0.1, 0.15) is 19.8 Å². The summed E-state index contributed by atoms with van der Waals surface area (Å²) >= 11 is 0. The van der Waals surface area contributed by atoms with Gasteiger partial charge in [0.25, 0.3) is 0 Å². The van der Waals surface area contributed by atoms with E-state index in [2.05, 4.69) is 10.0 Å². The lowest BCUT2D eigenvalue weighted by Crippen LogP contribution is -2.47. The lowest BCUT2D eigenvalue weighted by Gasteiger charge is -2.32. The molecule has 1 heterocycles. The number of benzene rings is 1. The van der Waals surface area contributed by atoms with E-state index in [0.717, 1.165) is 5.69 Å². The van der Waals surface area contributed by atoms with Crippen molar-refractivity contribution in [2.75, 3.05) is 24.2 Å². The van der Waals surface area contributed by atoms with E-state index in [1.54, 1.807) is 11.8 Å². The molecule has 0 radical (unpaired) electrons. The summed E-state index contributed by atoms with van der Waals surface area (Å²) in [5.41, 5.74) is 0.760. The maximum atomic E-state index is 12.1. The first-order chi connectivity index (χ1) is 10.00. The smallest absolute Gasteiger partial charge is 0.321 e. The molecule has 1 saturated heterocycles. The predicted molar refractivity (Wildman–Crippen MR) is 82.7 cm³/mol. The molecule has 6 nitrogen and oxygen atoms in total. The molecule has 1 aromatic rings. The molecule has 1 aromatic carbocycles. The van der Waals surface area contributed by atoms with Gasteiger partial charge in [0.15, 0.2) is 0 Å². The Morgan fingerprint density at radius 3 is 2.43 bits per heavy atom. The molecule has 2 N–H and O–H groups in total. The molecule has 1 aliphatic heterocycles. The normalized spacial score (nSPS) is 16.7. The summed E-state index contributed by atoms with van der Waals surface area (Å²) in [4.78, 5) is 13.8. The molecule has 1 fully saturated rings. The average molecular weight is 311 g/mol. The highest BCUT2D eigenvalue weighted by Crippen LogP contribution is 2.14. The van der Waals surface area contributed by atoms with Crippen LogP contribution in [0.2, 0.25) is 0 Å². The van der Waals surface area contributed by atoms with Crippen LogP contribution in [0.5, 0.6) is 0 Å². The van der Waals surface area contributed by atoms with Gasteiger partial charge in [0.2, 0.25) is 10.0 Å². The molecule has 7 heteroatoms. The standard InChI is InChI=1S/C14H21N3O3S/c1-2-21(19,20)16-13-8-10-17(11-9-13)14(18)15-12-6-4-3-5-7-12/h3-7,13,16H,2,8-11H2,1H3,(H,15,18). The fourth-order valence-corrected chi connectivity index (χ4v) is 3.17. The Morgan fingerprint density at radius 2 is 1.86 bits per heavy atom. The van der Waals surface area contributed by atoms with Gasteiger partial charge in [-0.2, -0.15) is 0 Å². The first-order valence-corrected chi connectivity index (χ1v) is 8.76. The van der Waals surface area contributed by atoms with Crippen molar-refractivity contribution in [3.8, 4) is 0 Å². The molecule has 0 saturated carbocycles. The Hall–Kier alpha value is -1.60. The van der Waals surface area contributed by atoms with Crippen molar-refractivity contribution in [2.24, 2.45) is 0 Å². The molecule has 1 aliphatic rings. The molecule has 0 aliphatic carbocycles. The maximum Gasteiger partial charge on any atom is 0.321 e. The van der Waals surface area contributed by atoms with Crippen molar-refractivity contribution in [3.05, 3.63) is 30.3 Å². The second-order valence-corrected chi connectivity index (χ2v) is 7.12. The van der Waals surface area contributed by atoms with Gasteiger partial charge in [-0.15, -0.1) is 0 Å². The van der Waals surface area contributed by atoms with Crippen LogP contribution in [0, 0.1) is 0 Å². The SMILES string of the molecule is CCS(=O)(=O)NC1CCN(C(=O)Nc2ccccc2)CC1. The highest BCUT2D eigenvalue weighted by Gasteiger charge is 2.25. The van der Waals surface area contributed by atoms with E-state index in [4.69, 9.17) is 0 Å². The van der Waals surface area contributed by atoms with E-state index in [9.17, 15) is 13.2 Å². The second-order valence-electron chi connectivity index (χ2n) is 5.08. The molecular formula is C14H21N3O3S. The van der Waals surface area contributed by atoms with Crippen LogP contribution in [0.25, 0.3) is 0 Å². The van der Waals surface area contributed by atoms with E-state index in [1.807, 2.05) is 30.3 Å². The topological polar surface area (TPSA) is 78.5 Å². The first-order valence-electron chi connectivity index (χ1n) is 7.11. The number of nitrogens with one attached hydrogen (secondary N) is 2. The number of urea groups is 1. The molecule has 116 valence electrons. The molecule has 21 heavy (non-hydrogen) atoms. The maximum absolute atomic E-state index is 12.1. The third-order valence-corrected chi connectivity index (χ3v) is 4.99. The molecule has 0 unspecified atom stereocenters. The molecule has 0 bridgehead atoms. The number of likely N-dealkylation sites (tertiary alicyclic amines) is 1. The third kappa shape index (κ3) is 4.71. The number of carbonyl (C=O) groups is 1. The summed E-state index contributed by atoms with van der Waals surface area (Å²) in [6.45, 7) is 2.72. The summed E-state index contributed by atoms with van der Waals surface area (Å²) in [6.07, 6.45) is 1.28. The van der Waals surface area contributed by atoms with Gasteiger partial charge in [-0.3, -0.25) is 0 Å². The summed E-state index contributed by atoms with van der Waals surface area (Å²) < 4.78 is 25.7. The van der Waals surface area contributed by atoms with Gasteiger partial charge in [0, 0.05) is 24.8 Å². The number of sulfonamides is 1. The largest absolute Gasteiger partial charge is 0.324 e. The van der Waals surface area contributed by atoms with Gasteiger partial charge in [-0.1, -0.05) is 18.2 Å². The number of para-hydroxylation sites is 1. The van der Waals surface area contributed by atoms with Crippen LogP contribution >= 0.6 is 0 Å². The summed E-state index contributed by atoms with van der Waals surface area (Å²) in [5, 5.41) is 2.83. The number of anilines is 1. The third-order valence-electron chi connectivity index (χ3n) is 3.53. The van der Waals surface area contributed by atoms with Crippen LogP contribution in [0.4, 0.5) is 10.5 Å². The number of rotatable bonds is 4. The van der Waals surface area contributed by atoms with Crippen molar-refractivity contribution < 1.29 is 13.2 Å². The number of hydrogen-bond acceptors (Lipinski definition) is 3. The Labute approximate surface area is 125 Å². The zero-order chi connectivity index (χ0) is 15.3. The van der Waals surface area contributed by atoms with E-state index in [0.29, 0.717) is 25.9 Å². The van der Waals surface area contributed by atoms with Crippen LogP contribution in [0.3, 0.4) is 0 Å². The monoisotopic (exact) mass is 311 g/mol. The number of nitrogens with zero attached hydrogens (tertiary/aromatic N) is 1. The van der Waals surface area contributed by atoms with Gasteiger partial charge in [-0.25, -0.2) is 17.9 Å².